The van der Waals surface area contributed by atoms with Gasteiger partial charge in [-0.05, 0) is 47.1 Å². The first kappa shape index (κ1) is 12.6. The first-order valence-corrected chi connectivity index (χ1v) is 7.25. The molecule has 0 saturated heterocycles. The zero-order chi connectivity index (χ0) is 12.6. The Morgan fingerprint density at radius 1 is 1.29 bits per heavy atom. The van der Waals surface area contributed by atoms with E-state index in [1.165, 1.54) is 30.5 Å². The third-order valence-electron chi connectivity index (χ3n) is 2.18. The third-order valence-corrected chi connectivity index (χ3v) is 4.75. The summed E-state index contributed by atoms with van der Waals surface area (Å²) in [6.07, 6.45) is 1.42. The van der Waals surface area contributed by atoms with E-state index < -0.39 is 10.0 Å². The summed E-state index contributed by atoms with van der Waals surface area (Å²) in [4.78, 5) is 0.150. The minimum absolute atomic E-state index is 0.150. The van der Waals surface area contributed by atoms with Gasteiger partial charge in [-0.2, -0.15) is 17.6 Å². The number of benzene rings is 1. The fourth-order valence-electron chi connectivity index (χ4n) is 1.25. The summed E-state index contributed by atoms with van der Waals surface area (Å²) >= 11 is 8.94. The topological polar surface area (TPSA) is 52.0 Å². The number of hydrogen-bond acceptors (Lipinski definition) is 3. The van der Waals surface area contributed by atoms with Crippen molar-refractivity contribution in [2.24, 2.45) is 0 Å². The molecule has 17 heavy (non-hydrogen) atoms. The molecule has 2 aromatic rings. The van der Waals surface area contributed by atoms with Crippen molar-refractivity contribution in [3.8, 4) is 0 Å². The van der Waals surface area contributed by atoms with Crippen LogP contribution in [0.5, 0.6) is 0 Å². The Morgan fingerprint density at radius 3 is 2.35 bits per heavy atom. The normalized spacial score (nSPS) is 11.7. The van der Waals surface area contributed by atoms with Crippen molar-refractivity contribution in [1.82, 2.24) is 9.19 Å². The molecule has 0 radical (unpaired) electrons. The van der Waals surface area contributed by atoms with Gasteiger partial charge in [-0.15, -0.1) is 0 Å². The van der Waals surface area contributed by atoms with E-state index >= 15 is 0 Å². The zero-order valence-corrected chi connectivity index (χ0v) is 11.9. The maximum atomic E-state index is 12.1. The monoisotopic (exact) mass is 334 g/mol. The van der Waals surface area contributed by atoms with Gasteiger partial charge in [0.2, 0.25) is 0 Å². The fourth-order valence-corrected chi connectivity index (χ4v) is 2.96. The molecule has 0 spiro atoms. The molecule has 0 aliphatic rings. The number of aromatic nitrogens is 2. The van der Waals surface area contributed by atoms with Gasteiger partial charge < -0.3 is 0 Å². The first-order chi connectivity index (χ1) is 7.91. The molecule has 0 unspecified atom stereocenters. The van der Waals surface area contributed by atoms with Gasteiger partial charge in [0, 0.05) is 5.02 Å². The number of nitrogens with zero attached hydrogens (tertiary/aromatic N) is 2. The van der Waals surface area contributed by atoms with Crippen LogP contribution in [0.2, 0.25) is 5.02 Å². The van der Waals surface area contributed by atoms with E-state index in [9.17, 15) is 8.42 Å². The van der Waals surface area contributed by atoms with Gasteiger partial charge in [-0.3, -0.25) is 0 Å². The Kier molecular flexibility index (Phi) is 3.29. The Balaban J connectivity index is 2.53. The summed E-state index contributed by atoms with van der Waals surface area (Å²) in [6, 6.07) is 5.95. The highest BCUT2D eigenvalue weighted by atomic mass is 79.9. The predicted molar refractivity (Wildman–Crippen MR) is 68.7 cm³/mol. The first-order valence-electron chi connectivity index (χ1n) is 4.64. The summed E-state index contributed by atoms with van der Waals surface area (Å²) in [6.45, 7) is 1.72. The van der Waals surface area contributed by atoms with Crippen molar-refractivity contribution in [2.75, 3.05) is 0 Å². The molecule has 1 aromatic carbocycles. The Labute approximate surface area is 112 Å². The largest absolute Gasteiger partial charge is 0.282 e. The molecule has 0 amide bonds. The third kappa shape index (κ3) is 2.38. The second kappa shape index (κ2) is 4.44. The van der Waals surface area contributed by atoms with Crippen LogP contribution >= 0.6 is 27.5 Å². The van der Waals surface area contributed by atoms with Crippen LogP contribution in [0.3, 0.4) is 0 Å². The van der Waals surface area contributed by atoms with Crippen LogP contribution in [0.15, 0.2) is 39.8 Å². The molecule has 7 heteroatoms. The van der Waals surface area contributed by atoms with Gasteiger partial charge in [0.05, 0.1) is 21.3 Å². The second-order valence-electron chi connectivity index (χ2n) is 3.39. The van der Waals surface area contributed by atoms with Gasteiger partial charge in [0.25, 0.3) is 10.0 Å². The molecule has 1 heterocycles. The molecule has 0 aliphatic heterocycles. The minimum Gasteiger partial charge on any atom is -0.199 e. The van der Waals surface area contributed by atoms with E-state index in [1.807, 2.05) is 0 Å². The lowest BCUT2D eigenvalue weighted by atomic mass is 10.4. The average Bonchev–Trinajstić information content (AvgIpc) is 2.60. The minimum atomic E-state index is -3.64. The second-order valence-corrected chi connectivity index (χ2v) is 6.48. The van der Waals surface area contributed by atoms with Gasteiger partial charge in [0.1, 0.15) is 0 Å². The molecule has 4 nitrogen and oxygen atoms in total. The summed E-state index contributed by atoms with van der Waals surface area (Å²) in [5.74, 6) is 0. The van der Waals surface area contributed by atoms with Crippen LogP contribution < -0.4 is 0 Å². The van der Waals surface area contributed by atoms with Crippen molar-refractivity contribution in [3.63, 3.8) is 0 Å². The van der Waals surface area contributed by atoms with Crippen molar-refractivity contribution in [2.45, 2.75) is 11.8 Å². The van der Waals surface area contributed by atoms with Crippen LogP contribution in [-0.4, -0.2) is 17.6 Å². The predicted octanol–water partition coefficient (Wildman–Crippen LogP) is 2.84. The lowest BCUT2D eigenvalue weighted by Gasteiger charge is -2.03. The molecular weight excluding hydrogens is 328 g/mol. The van der Waals surface area contributed by atoms with Crippen molar-refractivity contribution in [1.29, 1.82) is 0 Å². The highest BCUT2D eigenvalue weighted by Gasteiger charge is 2.18. The standard InChI is InChI=1S/C10H8BrClN2O2S/c1-7-10(11)6-14(13-7)17(15,16)9-4-2-8(12)3-5-9/h2-6H,1H3. The Bertz CT molecular complexity index is 630. The number of aryl methyl sites for hydroxylation is 1. The lowest BCUT2D eigenvalue weighted by Crippen LogP contribution is -2.13. The molecule has 0 aliphatic carbocycles. The van der Waals surface area contributed by atoms with E-state index in [0.29, 0.717) is 15.2 Å². The smallest absolute Gasteiger partial charge is 0.199 e. The van der Waals surface area contributed by atoms with Crippen molar-refractivity contribution < 1.29 is 8.42 Å². The fraction of sp³-hybridized carbons (Fsp3) is 0.100. The summed E-state index contributed by atoms with van der Waals surface area (Å²) < 4.78 is 25.9. The molecule has 0 N–H and O–H groups in total. The Morgan fingerprint density at radius 2 is 1.88 bits per heavy atom. The molecular formula is C10H8BrClN2O2S. The number of hydrogen-bond donors (Lipinski definition) is 0. The van der Waals surface area contributed by atoms with E-state index in [4.69, 9.17) is 11.6 Å². The van der Waals surface area contributed by atoms with E-state index in [2.05, 4.69) is 21.0 Å². The van der Waals surface area contributed by atoms with Crippen LogP contribution in [0.4, 0.5) is 0 Å². The van der Waals surface area contributed by atoms with Gasteiger partial charge in [0.15, 0.2) is 0 Å². The van der Waals surface area contributed by atoms with E-state index in [1.54, 1.807) is 6.92 Å². The van der Waals surface area contributed by atoms with Gasteiger partial charge in [-0.25, -0.2) is 0 Å². The van der Waals surface area contributed by atoms with Crippen LogP contribution in [0.1, 0.15) is 5.69 Å². The molecule has 90 valence electrons. The van der Waals surface area contributed by atoms with E-state index in [-0.39, 0.29) is 4.90 Å². The molecule has 1 aromatic heterocycles. The van der Waals surface area contributed by atoms with Gasteiger partial charge in [-0.1, -0.05) is 11.6 Å². The van der Waals surface area contributed by atoms with Crippen molar-refractivity contribution in [3.05, 3.63) is 45.7 Å². The lowest BCUT2D eigenvalue weighted by molar-refractivity contribution is 0.579. The zero-order valence-electron chi connectivity index (χ0n) is 8.76. The molecule has 0 saturated carbocycles. The highest BCUT2D eigenvalue weighted by Crippen LogP contribution is 2.20. The Hall–Kier alpha value is -0.850. The molecule has 2 rings (SSSR count). The average molecular weight is 336 g/mol. The van der Waals surface area contributed by atoms with Crippen molar-refractivity contribution >= 4 is 37.6 Å². The van der Waals surface area contributed by atoms with Crippen LogP contribution in [0.25, 0.3) is 0 Å². The maximum absolute atomic E-state index is 12.1. The summed E-state index contributed by atoms with van der Waals surface area (Å²) in [7, 11) is -3.64. The maximum Gasteiger partial charge on any atom is 0.282 e. The molecule has 0 atom stereocenters. The quantitative estimate of drug-likeness (QED) is 0.848. The highest BCUT2D eigenvalue weighted by molar-refractivity contribution is 9.10. The summed E-state index contributed by atoms with van der Waals surface area (Å²) in [5, 5.41) is 4.42. The number of rotatable bonds is 2. The van der Waals surface area contributed by atoms with Crippen LogP contribution in [0, 0.1) is 6.92 Å². The molecule has 0 bridgehead atoms. The van der Waals surface area contributed by atoms with Gasteiger partial charge >= 0.3 is 0 Å². The van der Waals surface area contributed by atoms with E-state index in [0.717, 1.165) is 4.09 Å². The molecule has 0 fully saturated rings. The summed E-state index contributed by atoms with van der Waals surface area (Å²) in [5.41, 5.74) is 0.613. The van der Waals surface area contributed by atoms with Crippen LogP contribution in [-0.2, 0) is 10.0 Å². The SMILES string of the molecule is Cc1nn(S(=O)(=O)c2ccc(Cl)cc2)cc1Br. The number of halogens is 2.